The van der Waals surface area contributed by atoms with E-state index in [1.54, 1.807) is 12.0 Å². The molecule has 4 aliphatic rings. The summed E-state index contributed by atoms with van der Waals surface area (Å²) >= 11 is 0. The molecule has 1 amide bonds. The highest BCUT2D eigenvalue weighted by Gasteiger charge is 2.37. The molecule has 1 aromatic heterocycles. The number of methoxy groups -OCH3 is 1. The van der Waals surface area contributed by atoms with Crippen molar-refractivity contribution >= 4 is 5.91 Å². The summed E-state index contributed by atoms with van der Waals surface area (Å²) < 4.78 is 54.9. The normalized spacial score (nSPS) is 24.5. The van der Waals surface area contributed by atoms with Crippen LogP contribution in [-0.4, -0.2) is 99.1 Å². The number of carbonyl (C=O) groups excluding carboxylic acids is 1. The summed E-state index contributed by atoms with van der Waals surface area (Å²) in [6.07, 6.45) is 1.54. The highest BCUT2D eigenvalue weighted by molar-refractivity contribution is 5.79. The highest BCUT2D eigenvalue weighted by atomic mass is 19.4. The molecule has 0 spiro atoms. The van der Waals surface area contributed by atoms with Crippen LogP contribution in [0.3, 0.4) is 0 Å². The number of fused-ring (bicyclic) bond motifs is 1. The Balaban J connectivity index is 0.000000581. The van der Waals surface area contributed by atoms with E-state index in [1.165, 1.54) is 6.42 Å². The Labute approximate surface area is 264 Å². The van der Waals surface area contributed by atoms with Crippen LogP contribution in [0.2, 0.25) is 0 Å². The molecule has 4 heterocycles. The van der Waals surface area contributed by atoms with Crippen molar-refractivity contribution in [3.05, 3.63) is 29.1 Å². The molecule has 1 aliphatic carbocycles. The van der Waals surface area contributed by atoms with Gasteiger partial charge in [-0.1, -0.05) is 48.0 Å². The zero-order chi connectivity index (χ0) is 33.3. The predicted octanol–water partition coefficient (Wildman–Crippen LogP) is 5.96. The first-order valence-electron chi connectivity index (χ1n) is 16.5. The van der Waals surface area contributed by atoms with E-state index in [4.69, 9.17) is 14.2 Å². The van der Waals surface area contributed by atoms with Gasteiger partial charge in [-0.2, -0.15) is 13.2 Å². The first-order chi connectivity index (χ1) is 21.1. The quantitative estimate of drug-likeness (QED) is 0.429. The second kappa shape index (κ2) is 21.1. The minimum atomic E-state index is -4.43. The highest BCUT2D eigenvalue weighted by Crippen LogP contribution is 2.33. The largest absolute Gasteiger partial charge is 0.417 e. The van der Waals surface area contributed by atoms with Crippen LogP contribution in [0.5, 0.6) is 0 Å². The maximum absolute atomic E-state index is 13.1. The standard InChI is InChI=1S/C21H28F3N3O3.C5H11NO.C3H8.2C2H6/c1-29-19-12-30-7-5-18(19)26-16-3-2-13(9-16)20(28)27-6-4-17-14(11-27)8-15(10-25-17)21(22,23)24;1-6(2)5-3-7-4-5;1-3-2;2*1-2/h8,10,13,16,18-19,26H,2-7,9,11-12H2,1H3;5H,3-4H2,1-2H3;3H2,1-2H3;2*1-2H3. The molecule has 44 heavy (non-hydrogen) atoms. The number of hydrogen-bond donors (Lipinski definition) is 1. The lowest BCUT2D eigenvalue weighted by molar-refractivity contribution is -0.138. The van der Waals surface area contributed by atoms with Crippen molar-refractivity contribution < 1.29 is 32.2 Å². The molecule has 0 bridgehead atoms. The molecule has 1 N–H and O–H groups in total. The van der Waals surface area contributed by atoms with Gasteiger partial charge in [0.15, 0.2) is 0 Å². The topological polar surface area (TPSA) is 76.2 Å². The minimum absolute atomic E-state index is 0.0161. The Morgan fingerprint density at radius 1 is 1.09 bits per heavy atom. The number of ether oxygens (including phenoxy) is 3. The van der Waals surface area contributed by atoms with E-state index < -0.39 is 11.7 Å². The summed E-state index contributed by atoms with van der Waals surface area (Å²) in [5.74, 6) is -0.0544. The van der Waals surface area contributed by atoms with Gasteiger partial charge in [-0.05, 0) is 51.4 Å². The second-order valence-corrected chi connectivity index (χ2v) is 11.3. The number of pyridine rings is 1. The smallest absolute Gasteiger partial charge is 0.379 e. The predicted molar refractivity (Wildman–Crippen MR) is 170 cm³/mol. The number of nitrogens with one attached hydrogen (secondary N) is 1. The van der Waals surface area contributed by atoms with Crippen LogP contribution in [0.15, 0.2) is 12.3 Å². The van der Waals surface area contributed by atoms with Gasteiger partial charge in [-0.25, -0.2) is 0 Å². The summed E-state index contributed by atoms with van der Waals surface area (Å²) in [7, 11) is 5.84. The number of amides is 1. The van der Waals surface area contributed by atoms with Crippen molar-refractivity contribution in [2.45, 2.75) is 117 Å². The first-order valence-corrected chi connectivity index (χ1v) is 16.5. The van der Waals surface area contributed by atoms with E-state index in [0.29, 0.717) is 43.5 Å². The van der Waals surface area contributed by atoms with Gasteiger partial charge in [0.05, 0.1) is 37.5 Å². The number of nitrogens with zero attached hydrogens (tertiary/aromatic N) is 3. The van der Waals surface area contributed by atoms with Crippen LogP contribution in [-0.2, 0) is 38.1 Å². The molecule has 3 fully saturated rings. The van der Waals surface area contributed by atoms with E-state index in [1.807, 2.05) is 27.7 Å². The Hall–Kier alpha value is -1.79. The fourth-order valence-corrected chi connectivity index (χ4v) is 5.34. The molecule has 0 radical (unpaired) electrons. The molecule has 4 unspecified atom stereocenters. The maximum Gasteiger partial charge on any atom is 0.417 e. The Kier molecular flexibility index (Phi) is 19.3. The molecule has 256 valence electrons. The van der Waals surface area contributed by atoms with Crippen molar-refractivity contribution in [2.75, 3.05) is 54.2 Å². The van der Waals surface area contributed by atoms with Crippen molar-refractivity contribution in [1.29, 1.82) is 0 Å². The van der Waals surface area contributed by atoms with Crippen LogP contribution in [0, 0.1) is 5.92 Å². The summed E-state index contributed by atoms with van der Waals surface area (Å²) in [4.78, 5) is 20.9. The van der Waals surface area contributed by atoms with Crippen molar-refractivity contribution in [1.82, 2.24) is 20.1 Å². The molecule has 3 aliphatic heterocycles. The molecule has 0 aromatic carbocycles. The van der Waals surface area contributed by atoms with Crippen LogP contribution in [0.25, 0.3) is 0 Å². The summed E-state index contributed by atoms with van der Waals surface area (Å²) in [6.45, 7) is 16.1. The van der Waals surface area contributed by atoms with E-state index >= 15 is 0 Å². The molecule has 2 saturated heterocycles. The van der Waals surface area contributed by atoms with E-state index in [2.05, 4.69) is 43.1 Å². The van der Waals surface area contributed by atoms with Gasteiger partial charge in [0.2, 0.25) is 5.91 Å². The van der Waals surface area contributed by atoms with Gasteiger partial charge in [-0.3, -0.25) is 9.78 Å². The lowest BCUT2D eigenvalue weighted by Crippen LogP contribution is -2.50. The lowest BCUT2D eigenvalue weighted by Gasteiger charge is -2.33. The molecule has 5 rings (SSSR count). The van der Waals surface area contributed by atoms with E-state index in [0.717, 1.165) is 51.2 Å². The Morgan fingerprint density at radius 2 is 1.75 bits per heavy atom. The number of hydrogen-bond acceptors (Lipinski definition) is 7. The number of likely N-dealkylation sites (N-methyl/N-ethyl adjacent to an activating group) is 1. The third kappa shape index (κ3) is 12.5. The van der Waals surface area contributed by atoms with Gasteiger partial charge < -0.3 is 29.3 Å². The third-order valence-electron chi connectivity index (χ3n) is 7.87. The van der Waals surface area contributed by atoms with Crippen LogP contribution in [0.1, 0.15) is 90.5 Å². The maximum atomic E-state index is 13.1. The van der Waals surface area contributed by atoms with Gasteiger partial charge >= 0.3 is 6.18 Å². The average molecular weight is 633 g/mol. The first kappa shape index (κ1) is 40.2. The number of carbonyl (C=O) groups is 1. The second-order valence-electron chi connectivity index (χ2n) is 11.3. The molecule has 11 heteroatoms. The summed E-state index contributed by atoms with van der Waals surface area (Å²) in [5.41, 5.74) is 0.398. The van der Waals surface area contributed by atoms with Crippen molar-refractivity contribution in [3.63, 3.8) is 0 Å². The number of rotatable bonds is 5. The zero-order valence-electron chi connectivity index (χ0n) is 28.6. The Bertz CT molecular complexity index is 931. The van der Waals surface area contributed by atoms with Gasteiger partial charge in [0.25, 0.3) is 0 Å². The molecular weight excluding hydrogens is 573 g/mol. The number of alkyl halides is 3. The van der Waals surface area contributed by atoms with Gasteiger partial charge in [0, 0.05) is 63.1 Å². The molecule has 8 nitrogen and oxygen atoms in total. The number of aromatic nitrogens is 1. The fourth-order valence-electron chi connectivity index (χ4n) is 5.34. The molecular formula is C33H59F3N4O4. The number of halogens is 3. The lowest BCUT2D eigenvalue weighted by atomic mass is 10.00. The fraction of sp³-hybridized carbons (Fsp3) is 0.818. The summed E-state index contributed by atoms with van der Waals surface area (Å²) in [5, 5.41) is 3.64. The van der Waals surface area contributed by atoms with E-state index in [9.17, 15) is 18.0 Å². The SMILES string of the molecule is CC.CC.CCC.CN(C)C1COC1.COC1COCCC1NC1CCC(C(=O)N2CCc3ncc(C(F)(F)F)cc3C2)C1. The van der Waals surface area contributed by atoms with Crippen molar-refractivity contribution in [2.24, 2.45) is 5.92 Å². The minimum Gasteiger partial charge on any atom is -0.379 e. The van der Waals surface area contributed by atoms with Gasteiger partial charge in [0.1, 0.15) is 0 Å². The molecule has 4 atom stereocenters. The molecule has 1 aromatic rings. The van der Waals surface area contributed by atoms with Crippen molar-refractivity contribution in [3.8, 4) is 0 Å². The van der Waals surface area contributed by atoms with Gasteiger partial charge in [-0.15, -0.1) is 0 Å². The van der Waals surface area contributed by atoms with Crippen LogP contribution < -0.4 is 5.32 Å². The van der Waals surface area contributed by atoms with Crippen LogP contribution in [0.4, 0.5) is 13.2 Å². The zero-order valence-corrected chi connectivity index (χ0v) is 28.6. The molecule has 1 saturated carbocycles. The third-order valence-corrected chi connectivity index (χ3v) is 7.87. The summed E-state index contributed by atoms with van der Waals surface area (Å²) in [6, 6.07) is 2.29. The Morgan fingerprint density at radius 3 is 2.27 bits per heavy atom. The van der Waals surface area contributed by atoms with E-state index in [-0.39, 0.29) is 36.6 Å². The average Bonchev–Trinajstić information content (AvgIpc) is 3.46. The van der Waals surface area contributed by atoms with Crippen LogP contribution >= 0.6 is 0 Å². The monoisotopic (exact) mass is 632 g/mol.